The van der Waals surface area contributed by atoms with Crippen LogP contribution in [0.2, 0.25) is 0 Å². The highest BCUT2D eigenvalue weighted by Crippen LogP contribution is 2.41. The lowest BCUT2D eigenvalue weighted by Gasteiger charge is -2.30. The minimum absolute atomic E-state index is 0.293. The number of benzene rings is 2. The van der Waals surface area contributed by atoms with Crippen LogP contribution in [0.3, 0.4) is 0 Å². The third-order valence-corrected chi connectivity index (χ3v) is 5.06. The topological polar surface area (TPSA) is 20.2 Å². The minimum atomic E-state index is -0.293. The maximum Gasteiger partial charge on any atom is 0.0818 e. The first kappa shape index (κ1) is 12.2. The van der Waals surface area contributed by atoms with Crippen LogP contribution in [0.25, 0.3) is 11.1 Å². The summed E-state index contributed by atoms with van der Waals surface area (Å²) in [5, 5.41) is 10.5. The van der Waals surface area contributed by atoms with Crippen molar-refractivity contribution in [1.82, 2.24) is 0 Å². The summed E-state index contributed by atoms with van der Waals surface area (Å²) in [6, 6.07) is 13.3. The first-order valence-electron chi connectivity index (χ1n) is 7.66. The summed E-state index contributed by atoms with van der Waals surface area (Å²) in [5.74, 6) is 0.374. The van der Waals surface area contributed by atoms with Crippen molar-refractivity contribution in [3.8, 4) is 11.1 Å². The Labute approximate surface area is 120 Å². The van der Waals surface area contributed by atoms with Gasteiger partial charge in [-0.05, 0) is 71.0 Å². The standard InChI is InChI=1S/C19H20O/c1-12-6-7-15-10-14-9-8-13-4-2-3-5-16(13)17(14)11-18(15)19(12)20/h2-5,10-12,19-20H,6-9H2,1H3/t12-,19+/m1/s1. The first-order valence-corrected chi connectivity index (χ1v) is 7.66. The maximum atomic E-state index is 10.5. The molecule has 1 heteroatoms. The number of rotatable bonds is 0. The SMILES string of the molecule is C[C@@H]1CCc2cc3c(cc2[C@H]1O)-c1ccccc1CC3. The molecule has 20 heavy (non-hydrogen) atoms. The van der Waals surface area contributed by atoms with Crippen LogP contribution < -0.4 is 0 Å². The number of aliphatic hydroxyl groups is 1. The summed E-state index contributed by atoms with van der Waals surface area (Å²) in [4.78, 5) is 0. The molecule has 0 radical (unpaired) electrons. The summed E-state index contributed by atoms with van der Waals surface area (Å²) in [7, 11) is 0. The Bertz CT molecular complexity index is 671. The molecule has 0 heterocycles. The third kappa shape index (κ3) is 1.73. The summed E-state index contributed by atoms with van der Waals surface area (Å²) < 4.78 is 0. The number of hydrogen-bond acceptors (Lipinski definition) is 1. The van der Waals surface area contributed by atoms with Crippen LogP contribution in [0.5, 0.6) is 0 Å². The lowest BCUT2D eigenvalue weighted by atomic mass is 9.77. The van der Waals surface area contributed by atoms with Gasteiger partial charge in [-0.25, -0.2) is 0 Å². The van der Waals surface area contributed by atoms with Crippen LogP contribution in [0.4, 0.5) is 0 Å². The maximum absolute atomic E-state index is 10.5. The van der Waals surface area contributed by atoms with Gasteiger partial charge in [0, 0.05) is 0 Å². The van der Waals surface area contributed by atoms with Gasteiger partial charge in [0.25, 0.3) is 0 Å². The normalized spacial score (nSPS) is 23.7. The molecule has 1 N–H and O–H groups in total. The molecule has 0 unspecified atom stereocenters. The fraction of sp³-hybridized carbons (Fsp3) is 0.368. The molecule has 0 spiro atoms. The molecule has 1 nitrogen and oxygen atoms in total. The average Bonchev–Trinajstić information content (AvgIpc) is 2.49. The van der Waals surface area contributed by atoms with E-state index in [2.05, 4.69) is 43.3 Å². The summed E-state index contributed by atoms with van der Waals surface area (Å²) in [5.41, 5.74) is 8.15. The smallest absolute Gasteiger partial charge is 0.0818 e. The zero-order valence-corrected chi connectivity index (χ0v) is 11.9. The monoisotopic (exact) mass is 264 g/mol. The van der Waals surface area contributed by atoms with Crippen LogP contribution in [0, 0.1) is 5.92 Å². The van der Waals surface area contributed by atoms with Crippen molar-refractivity contribution < 1.29 is 5.11 Å². The van der Waals surface area contributed by atoms with E-state index >= 15 is 0 Å². The van der Waals surface area contributed by atoms with Crippen LogP contribution in [-0.2, 0) is 19.3 Å². The van der Waals surface area contributed by atoms with Crippen LogP contribution >= 0.6 is 0 Å². The van der Waals surface area contributed by atoms with Crippen molar-refractivity contribution in [1.29, 1.82) is 0 Å². The van der Waals surface area contributed by atoms with E-state index in [0.29, 0.717) is 5.92 Å². The van der Waals surface area contributed by atoms with Gasteiger partial charge in [-0.2, -0.15) is 0 Å². The van der Waals surface area contributed by atoms with Gasteiger partial charge < -0.3 is 5.11 Å². The Hall–Kier alpha value is -1.60. The molecule has 4 rings (SSSR count). The molecule has 0 saturated carbocycles. The zero-order chi connectivity index (χ0) is 13.7. The summed E-state index contributed by atoms with van der Waals surface area (Å²) in [6.45, 7) is 2.15. The molecule has 0 fully saturated rings. The number of hydrogen-bond donors (Lipinski definition) is 1. The first-order chi connectivity index (χ1) is 9.74. The van der Waals surface area contributed by atoms with E-state index in [1.165, 1.54) is 33.4 Å². The fourth-order valence-electron chi connectivity index (χ4n) is 3.78. The lowest BCUT2D eigenvalue weighted by molar-refractivity contribution is 0.104. The molecule has 102 valence electrons. The molecular formula is C19H20O. The van der Waals surface area contributed by atoms with Gasteiger partial charge in [0.15, 0.2) is 0 Å². The van der Waals surface area contributed by atoms with Crippen LogP contribution in [0.1, 0.15) is 41.7 Å². The van der Waals surface area contributed by atoms with Gasteiger partial charge in [0.2, 0.25) is 0 Å². The summed E-state index contributed by atoms with van der Waals surface area (Å²) >= 11 is 0. The van der Waals surface area contributed by atoms with E-state index in [0.717, 1.165) is 25.7 Å². The Morgan fingerprint density at radius 1 is 0.900 bits per heavy atom. The molecule has 0 bridgehead atoms. The number of aliphatic hydroxyl groups excluding tert-OH is 1. The second-order valence-electron chi connectivity index (χ2n) is 6.33. The van der Waals surface area contributed by atoms with Crippen LogP contribution in [-0.4, -0.2) is 5.11 Å². The van der Waals surface area contributed by atoms with Crippen molar-refractivity contribution in [2.45, 2.75) is 38.7 Å². The van der Waals surface area contributed by atoms with Crippen LogP contribution in [0.15, 0.2) is 36.4 Å². The number of aryl methyl sites for hydroxylation is 3. The highest BCUT2D eigenvalue weighted by molar-refractivity contribution is 5.74. The highest BCUT2D eigenvalue weighted by Gasteiger charge is 2.27. The van der Waals surface area contributed by atoms with Gasteiger partial charge in [-0.15, -0.1) is 0 Å². The molecule has 2 aromatic carbocycles. The average molecular weight is 264 g/mol. The van der Waals surface area contributed by atoms with Crippen molar-refractivity contribution in [3.63, 3.8) is 0 Å². The predicted octanol–water partition coefficient (Wildman–Crippen LogP) is 4.07. The molecule has 0 saturated heterocycles. The van der Waals surface area contributed by atoms with E-state index in [9.17, 15) is 5.11 Å². The Morgan fingerprint density at radius 3 is 2.60 bits per heavy atom. The minimum Gasteiger partial charge on any atom is -0.388 e. The Kier molecular flexibility index (Phi) is 2.71. The molecule has 2 atom stereocenters. The molecular weight excluding hydrogens is 244 g/mol. The molecule has 2 aliphatic rings. The Morgan fingerprint density at radius 2 is 1.70 bits per heavy atom. The van der Waals surface area contributed by atoms with Gasteiger partial charge in [-0.3, -0.25) is 0 Å². The predicted molar refractivity (Wildman–Crippen MR) is 81.7 cm³/mol. The third-order valence-electron chi connectivity index (χ3n) is 5.06. The zero-order valence-electron chi connectivity index (χ0n) is 11.9. The van der Waals surface area contributed by atoms with Crippen molar-refractivity contribution in [2.75, 3.05) is 0 Å². The molecule has 0 aliphatic heterocycles. The van der Waals surface area contributed by atoms with Gasteiger partial charge in [-0.1, -0.05) is 37.3 Å². The van der Waals surface area contributed by atoms with Gasteiger partial charge in [0.1, 0.15) is 0 Å². The van der Waals surface area contributed by atoms with E-state index < -0.39 is 0 Å². The largest absolute Gasteiger partial charge is 0.388 e. The Balaban J connectivity index is 1.91. The summed E-state index contributed by atoms with van der Waals surface area (Å²) in [6.07, 6.45) is 4.19. The lowest BCUT2D eigenvalue weighted by Crippen LogP contribution is -2.19. The number of fused-ring (bicyclic) bond motifs is 4. The molecule has 2 aliphatic carbocycles. The van der Waals surface area contributed by atoms with Crippen molar-refractivity contribution in [3.05, 3.63) is 58.7 Å². The molecule has 0 aromatic heterocycles. The molecule has 2 aromatic rings. The van der Waals surface area contributed by atoms with Gasteiger partial charge in [0.05, 0.1) is 6.10 Å². The second-order valence-corrected chi connectivity index (χ2v) is 6.33. The van der Waals surface area contributed by atoms with Crippen molar-refractivity contribution in [2.24, 2.45) is 5.92 Å². The quantitative estimate of drug-likeness (QED) is 0.760. The highest BCUT2D eigenvalue weighted by atomic mass is 16.3. The van der Waals surface area contributed by atoms with E-state index in [4.69, 9.17) is 0 Å². The van der Waals surface area contributed by atoms with Crippen molar-refractivity contribution >= 4 is 0 Å². The van der Waals surface area contributed by atoms with E-state index in [1.807, 2.05) is 0 Å². The van der Waals surface area contributed by atoms with Gasteiger partial charge >= 0.3 is 0 Å². The van der Waals surface area contributed by atoms with E-state index in [-0.39, 0.29) is 6.10 Å². The second kappa shape index (κ2) is 4.46. The van der Waals surface area contributed by atoms with E-state index in [1.54, 1.807) is 0 Å². The molecule has 0 amide bonds. The fourth-order valence-corrected chi connectivity index (χ4v) is 3.78.